The predicted molar refractivity (Wildman–Crippen MR) is 72.8 cm³/mol. The molecule has 1 aliphatic carbocycles. The molecule has 1 atom stereocenters. The molecule has 0 fully saturated rings. The van der Waals surface area contributed by atoms with Gasteiger partial charge in [0.05, 0.1) is 18.9 Å². The number of methoxy groups -OCH3 is 1. The summed E-state index contributed by atoms with van der Waals surface area (Å²) in [6.45, 7) is 0. The fourth-order valence-corrected chi connectivity index (χ4v) is 2.37. The van der Waals surface area contributed by atoms with Crippen molar-refractivity contribution in [3.63, 3.8) is 0 Å². The summed E-state index contributed by atoms with van der Waals surface area (Å²) in [5, 5.41) is 4.45. The van der Waals surface area contributed by atoms with E-state index in [1.54, 1.807) is 7.11 Å². The van der Waals surface area contributed by atoms with Crippen LogP contribution in [0.4, 0.5) is 0 Å². The van der Waals surface area contributed by atoms with Crippen LogP contribution in [0.3, 0.4) is 0 Å². The number of allylic oxidation sites excluding steroid dienone is 2. The van der Waals surface area contributed by atoms with Gasteiger partial charge in [0.15, 0.2) is 0 Å². The van der Waals surface area contributed by atoms with E-state index in [0.717, 1.165) is 23.4 Å². The fraction of sp³-hybridized carbons (Fsp3) is 0.267. The zero-order valence-electron chi connectivity index (χ0n) is 10.3. The van der Waals surface area contributed by atoms with Crippen molar-refractivity contribution in [2.45, 2.75) is 12.5 Å². The molecular weight excluding hydrogens is 224 g/mol. The van der Waals surface area contributed by atoms with Crippen LogP contribution in [-0.2, 0) is 0 Å². The summed E-state index contributed by atoms with van der Waals surface area (Å²) in [4.78, 5) is 0. The third-order valence-corrected chi connectivity index (χ3v) is 3.44. The number of hydrogen-bond acceptors (Lipinski definition) is 3. The van der Waals surface area contributed by atoms with Crippen molar-refractivity contribution in [1.29, 1.82) is 0 Å². The highest BCUT2D eigenvalue weighted by Gasteiger charge is 2.25. The lowest BCUT2D eigenvalue weighted by Gasteiger charge is -2.13. The van der Waals surface area contributed by atoms with Gasteiger partial charge in [0.2, 0.25) is 0 Å². The first kappa shape index (κ1) is 11.1. The lowest BCUT2D eigenvalue weighted by atomic mass is 9.95. The molecule has 1 aromatic rings. The Kier molecular flexibility index (Phi) is 2.89. The van der Waals surface area contributed by atoms with Crippen LogP contribution in [0, 0.1) is 5.92 Å². The van der Waals surface area contributed by atoms with Crippen LogP contribution in [-0.4, -0.2) is 18.9 Å². The second kappa shape index (κ2) is 4.69. The van der Waals surface area contributed by atoms with Crippen molar-refractivity contribution in [1.82, 2.24) is 5.43 Å². The number of hydrazone groups is 1. The van der Waals surface area contributed by atoms with Gasteiger partial charge in [-0.05, 0) is 29.8 Å². The first-order chi connectivity index (χ1) is 8.86. The zero-order valence-corrected chi connectivity index (χ0v) is 10.3. The van der Waals surface area contributed by atoms with Crippen LogP contribution in [0.2, 0.25) is 0 Å². The van der Waals surface area contributed by atoms with Crippen LogP contribution < -0.4 is 10.2 Å². The molecule has 18 heavy (non-hydrogen) atoms. The molecule has 1 aliphatic heterocycles. The highest BCUT2D eigenvalue weighted by Crippen LogP contribution is 2.23. The number of hydrogen-bond donors (Lipinski definition) is 1. The molecule has 0 saturated carbocycles. The molecule has 0 saturated heterocycles. The van der Waals surface area contributed by atoms with E-state index in [1.807, 2.05) is 12.1 Å². The smallest absolute Gasteiger partial charge is 0.118 e. The topological polar surface area (TPSA) is 33.6 Å². The Bertz CT molecular complexity index is 502. The van der Waals surface area contributed by atoms with E-state index < -0.39 is 0 Å². The van der Waals surface area contributed by atoms with Gasteiger partial charge in [-0.25, -0.2) is 0 Å². The number of nitrogens with one attached hydrogen (secondary N) is 1. The maximum Gasteiger partial charge on any atom is 0.118 e. The SMILES string of the molecule is COc1ccc(C2=NNC(C3C=CC=C3)C2)cc1. The summed E-state index contributed by atoms with van der Waals surface area (Å²) >= 11 is 0. The van der Waals surface area contributed by atoms with Gasteiger partial charge >= 0.3 is 0 Å². The van der Waals surface area contributed by atoms with Crippen molar-refractivity contribution in [2.24, 2.45) is 11.0 Å². The number of ether oxygens (including phenoxy) is 1. The third kappa shape index (κ3) is 2.04. The summed E-state index contributed by atoms with van der Waals surface area (Å²) in [5.41, 5.74) is 5.52. The molecule has 3 heteroatoms. The van der Waals surface area contributed by atoms with Crippen LogP contribution in [0.1, 0.15) is 12.0 Å². The molecule has 0 radical (unpaired) electrons. The minimum atomic E-state index is 0.386. The van der Waals surface area contributed by atoms with Crippen LogP contribution in [0.5, 0.6) is 5.75 Å². The molecule has 1 unspecified atom stereocenters. The Hall–Kier alpha value is -2.03. The van der Waals surface area contributed by atoms with Gasteiger partial charge in [-0.15, -0.1) is 0 Å². The molecule has 0 bridgehead atoms. The summed E-state index contributed by atoms with van der Waals surface area (Å²) in [6.07, 6.45) is 9.58. The lowest BCUT2D eigenvalue weighted by molar-refractivity contribution is 0.415. The number of rotatable bonds is 3. The summed E-state index contributed by atoms with van der Waals surface area (Å²) < 4.78 is 5.16. The molecule has 1 heterocycles. The van der Waals surface area contributed by atoms with E-state index in [2.05, 4.69) is 47.0 Å². The Morgan fingerprint density at radius 2 is 1.89 bits per heavy atom. The molecule has 1 aromatic carbocycles. The van der Waals surface area contributed by atoms with Crippen LogP contribution in [0.15, 0.2) is 53.7 Å². The molecule has 0 spiro atoms. The molecule has 3 nitrogen and oxygen atoms in total. The monoisotopic (exact) mass is 240 g/mol. The standard InChI is InChI=1S/C15H16N2O/c1-18-13-8-6-12(7-9-13)15-10-14(16-17-15)11-4-2-3-5-11/h2-9,11,14,16H,10H2,1H3. The van der Waals surface area contributed by atoms with Gasteiger partial charge in [-0.1, -0.05) is 24.3 Å². The third-order valence-electron chi connectivity index (χ3n) is 3.44. The van der Waals surface area contributed by atoms with Crippen molar-refractivity contribution < 1.29 is 4.74 Å². The highest BCUT2D eigenvalue weighted by atomic mass is 16.5. The molecule has 0 amide bonds. The predicted octanol–water partition coefficient (Wildman–Crippen LogP) is 2.50. The van der Waals surface area contributed by atoms with Crippen molar-refractivity contribution in [3.8, 4) is 5.75 Å². The van der Waals surface area contributed by atoms with Gasteiger partial charge in [0.25, 0.3) is 0 Å². The Morgan fingerprint density at radius 3 is 2.56 bits per heavy atom. The van der Waals surface area contributed by atoms with Gasteiger partial charge in [0, 0.05) is 12.3 Å². The molecule has 1 N–H and O–H groups in total. The summed E-state index contributed by atoms with van der Waals surface area (Å²) in [5.74, 6) is 1.34. The van der Waals surface area contributed by atoms with E-state index in [4.69, 9.17) is 4.74 Å². The van der Waals surface area contributed by atoms with E-state index >= 15 is 0 Å². The fourth-order valence-electron chi connectivity index (χ4n) is 2.37. The van der Waals surface area contributed by atoms with Crippen molar-refractivity contribution in [3.05, 3.63) is 54.1 Å². The highest BCUT2D eigenvalue weighted by molar-refractivity contribution is 6.01. The van der Waals surface area contributed by atoms with Crippen molar-refractivity contribution >= 4 is 5.71 Å². The van der Waals surface area contributed by atoms with Crippen LogP contribution in [0.25, 0.3) is 0 Å². The molecule has 0 aromatic heterocycles. The number of benzene rings is 1. The van der Waals surface area contributed by atoms with Gasteiger partial charge in [-0.3, -0.25) is 0 Å². The maximum atomic E-state index is 5.16. The molecule has 92 valence electrons. The van der Waals surface area contributed by atoms with E-state index in [0.29, 0.717) is 12.0 Å². The average Bonchev–Trinajstić information content (AvgIpc) is 3.09. The Balaban J connectivity index is 1.70. The maximum absolute atomic E-state index is 5.16. The quantitative estimate of drug-likeness (QED) is 0.880. The Morgan fingerprint density at radius 1 is 1.17 bits per heavy atom. The zero-order chi connectivity index (χ0) is 12.4. The molecule has 3 rings (SSSR count). The van der Waals surface area contributed by atoms with Gasteiger partial charge < -0.3 is 10.2 Å². The second-order valence-electron chi connectivity index (χ2n) is 4.57. The molecule has 2 aliphatic rings. The minimum Gasteiger partial charge on any atom is -0.497 e. The first-order valence-corrected chi connectivity index (χ1v) is 6.18. The van der Waals surface area contributed by atoms with E-state index in [1.165, 1.54) is 0 Å². The average molecular weight is 240 g/mol. The normalized spacial score (nSPS) is 22.1. The van der Waals surface area contributed by atoms with E-state index in [-0.39, 0.29) is 0 Å². The van der Waals surface area contributed by atoms with E-state index in [9.17, 15) is 0 Å². The van der Waals surface area contributed by atoms with Gasteiger partial charge in [0.1, 0.15) is 5.75 Å². The number of nitrogens with zero attached hydrogens (tertiary/aromatic N) is 1. The van der Waals surface area contributed by atoms with Gasteiger partial charge in [-0.2, -0.15) is 5.10 Å². The Labute approximate surface area is 107 Å². The first-order valence-electron chi connectivity index (χ1n) is 6.18. The van der Waals surface area contributed by atoms with Crippen LogP contribution >= 0.6 is 0 Å². The summed E-state index contributed by atoms with van der Waals surface area (Å²) in [7, 11) is 1.68. The molecular formula is C15H16N2O. The van der Waals surface area contributed by atoms with Crippen molar-refractivity contribution in [2.75, 3.05) is 7.11 Å². The largest absolute Gasteiger partial charge is 0.497 e. The summed E-state index contributed by atoms with van der Waals surface area (Å²) in [6, 6.07) is 8.45. The lowest BCUT2D eigenvalue weighted by Crippen LogP contribution is -2.26. The second-order valence-corrected chi connectivity index (χ2v) is 4.57. The minimum absolute atomic E-state index is 0.386.